The van der Waals surface area contributed by atoms with Crippen LogP contribution in [0.3, 0.4) is 0 Å². The molecule has 18 heavy (non-hydrogen) atoms. The first-order valence-corrected chi connectivity index (χ1v) is 6.39. The number of benzene rings is 1. The first-order chi connectivity index (χ1) is 8.65. The minimum atomic E-state index is -0.00275. The van der Waals surface area contributed by atoms with Crippen molar-refractivity contribution < 1.29 is 4.79 Å². The van der Waals surface area contributed by atoms with Gasteiger partial charge in [0.05, 0.1) is 0 Å². The summed E-state index contributed by atoms with van der Waals surface area (Å²) in [5.74, 6) is 0.0824. The van der Waals surface area contributed by atoms with E-state index in [0.717, 1.165) is 18.7 Å². The Morgan fingerprint density at radius 1 is 1.39 bits per heavy atom. The molecule has 1 rings (SSSR count). The molecule has 0 aliphatic heterocycles. The van der Waals surface area contributed by atoms with Crippen molar-refractivity contribution >= 4 is 11.6 Å². The molecule has 1 unspecified atom stereocenters. The van der Waals surface area contributed by atoms with Gasteiger partial charge in [-0.1, -0.05) is 25.1 Å². The third-order valence-corrected chi connectivity index (χ3v) is 2.99. The third kappa shape index (κ3) is 4.75. The van der Waals surface area contributed by atoms with Crippen LogP contribution in [0.25, 0.3) is 0 Å². The van der Waals surface area contributed by atoms with Crippen LogP contribution in [0.4, 0.5) is 5.69 Å². The van der Waals surface area contributed by atoms with Gasteiger partial charge in [0.25, 0.3) is 0 Å². The van der Waals surface area contributed by atoms with Gasteiger partial charge in [0.2, 0.25) is 5.91 Å². The zero-order chi connectivity index (χ0) is 13.4. The number of nitrogens with two attached hydrogens (primary N) is 1. The highest BCUT2D eigenvalue weighted by Gasteiger charge is 2.11. The van der Waals surface area contributed by atoms with Gasteiger partial charge in [-0.25, -0.2) is 0 Å². The predicted octanol–water partition coefficient (Wildman–Crippen LogP) is 1.22. The Morgan fingerprint density at radius 3 is 2.67 bits per heavy atom. The molecule has 1 aromatic carbocycles. The van der Waals surface area contributed by atoms with Crippen LogP contribution in [-0.4, -0.2) is 32.6 Å². The van der Waals surface area contributed by atoms with Gasteiger partial charge in [-0.15, -0.1) is 0 Å². The number of anilines is 1. The quantitative estimate of drug-likeness (QED) is 0.764. The zero-order valence-electron chi connectivity index (χ0n) is 11.2. The monoisotopic (exact) mass is 249 g/mol. The van der Waals surface area contributed by atoms with Gasteiger partial charge in [-0.05, 0) is 25.1 Å². The molecule has 0 saturated heterocycles. The van der Waals surface area contributed by atoms with Crippen LogP contribution in [0.2, 0.25) is 0 Å². The average molecular weight is 249 g/mol. The van der Waals surface area contributed by atoms with E-state index in [1.54, 1.807) is 0 Å². The lowest BCUT2D eigenvalue weighted by Gasteiger charge is -2.20. The van der Waals surface area contributed by atoms with Crippen molar-refractivity contribution in [3.63, 3.8) is 0 Å². The number of nitrogens with zero attached hydrogens (tertiary/aromatic N) is 1. The van der Waals surface area contributed by atoms with Crippen molar-refractivity contribution in [3.8, 4) is 0 Å². The predicted molar refractivity (Wildman–Crippen MR) is 75.6 cm³/mol. The minimum absolute atomic E-state index is 0.00275. The molecule has 1 aromatic rings. The fourth-order valence-electron chi connectivity index (χ4n) is 1.71. The molecule has 0 aliphatic rings. The molecule has 3 N–H and O–H groups in total. The second-order valence-corrected chi connectivity index (χ2v) is 4.53. The highest BCUT2D eigenvalue weighted by atomic mass is 16.1. The fraction of sp³-hybridized carbons (Fsp3) is 0.500. The number of hydrogen-bond acceptors (Lipinski definition) is 3. The van der Waals surface area contributed by atoms with Crippen molar-refractivity contribution in [2.75, 3.05) is 31.6 Å². The number of carbonyl (C=O) groups excluding carboxylic acids is 1. The first-order valence-electron chi connectivity index (χ1n) is 6.39. The Balaban J connectivity index is 2.27. The summed E-state index contributed by atoms with van der Waals surface area (Å²) in [5.41, 5.74) is 6.59. The molecule has 100 valence electrons. The number of nitrogens with one attached hydrogen (secondary N) is 1. The number of carbonyl (C=O) groups is 1. The highest BCUT2D eigenvalue weighted by Crippen LogP contribution is 2.09. The fourth-order valence-corrected chi connectivity index (χ4v) is 1.71. The van der Waals surface area contributed by atoms with Crippen molar-refractivity contribution in [1.82, 2.24) is 5.32 Å². The molecule has 0 saturated carbocycles. The Morgan fingerprint density at radius 2 is 2.06 bits per heavy atom. The van der Waals surface area contributed by atoms with Gasteiger partial charge in [0.15, 0.2) is 0 Å². The third-order valence-electron chi connectivity index (χ3n) is 2.99. The van der Waals surface area contributed by atoms with E-state index in [4.69, 9.17) is 5.73 Å². The second kappa shape index (κ2) is 7.71. The normalized spacial score (nSPS) is 11.9. The molecule has 1 amide bonds. The number of hydrogen-bond donors (Lipinski definition) is 2. The molecule has 1 atom stereocenters. The van der Waals surface area contributed by atoms with Crippen molar-refractivity contribution in [2.24, 2.45) is 11.7 Å². The average Bonchev–Trinajstić information content (AvgIpc) is 2.39. The lowest BCUT2D eigenvalue weighted by Crippen LogP contribution is -2.36. The van der Waals surface area contributed by atoms with Crippen LogP contribution in [0.5, 0.6) is 0 Å². The number of amides is 1. The lowest BCUT2D eigenvalue weighted by atomic mass is 10.1. The Kier molecular flexibility index (Phi) is 6.22. The molecule has 0 aromatic heterocycles. The van der Waals surface area contributed by atoms with E-state index in [1.165, 1.54) is 0 Å². The van der Waals surface area contributed by atoms with Crippen molar-refractivity contribution in [2.45, 2.75) is 13.3 Å². The van der Waals surface area contributed by atoms with Gasteiger partial charge in [0.1, 0.15) is 0 Å². The van der Waals surface area contributed by atoms with E-state index in [0.29, 0.717) is 13.1 Å². The molecule has 0 aliphatic carbocycles. The molecular formula is C14H23N3O. The van der Waals surface area contributed by atoms with E-state index in [2.05, 4.69) is 22.3 Å². The van der Waals surface area contributed by atoms with E-state index in [1.807, 2.05) is 32.2 Å². The summed E-state index contributed by atoms with van der Waals surface area (Å²) in [7, 11) is 2.02. The van der Waals surface area contributed by atoms with Gasteiger partial charge in [-0.2, -0.15) is 0 Å². The van der Waals surface area contributed by atoms with Crippen LogP contribution in [0.1, 0.15) is 13.3 Å². The Labute approximate surface area is 109 Å². The minimum Gasteiger partial charge on any atom is -0.373 e. The second-order valence-electron chi connectivity index (χ2n) is 4.53. The zero-order valence-corrected chi connectivity index (χ0v) is 11.2. The van der Waals surface area contributed by atoms with Gasteiger partial charge in [0, 0.05) is 31.7 Å². The molecule has 4 heteroatoms. The van der Waals surface area contributed by atoms with E-state index >= 15 is 0 Å². The van der Waals surface area contributed by atoms with Gasteiger partial charge >= 0.3 is 0 Å². The highest BCUT2D eigenvalue weighted by molar-refractivity contribution is 5.78. The summed E-state index contributed by atoms with van der Waals surface area (Å²) in [6.07, 6.45) is 0.736. The van der Waals surface area contributed by atoms with Crippen LogP contribution >= 0.6 is 0 Å². The summed E-state index contributed by atoms with van der Waals surface area (Å²) in [4.78, 5) is 13.8. The maximum atomic E-state index is 11.7. The molecule has 0 radical (unpaired) electrons. The van der Waals surface area contributed by atoms with E-state index in [9.17, 15) is 4.79 Å². The maximum absolute atomic E-state index is 11.7. The van der Waals surface area contributed by atoms with Crippen LogP contribution in [0, 0.1) is 5.92 Å². The van der Waals surface area contributed by atoms with E-state index in [-0.39, 0.29) is 11.8 Å². The standard InChI is InChI=1S/C14H23N3O/c1-12(8-9-15)14(18)16-10-11-17(2)13-6-4-3-5-7-13/h3-7,12H,8-11,15H2,1-2H3,(H,16,18). The lowest BCUT2D eigenvalue weighted by molar-refractivity contribution is -0.124. The van der Waals surface area contributed by atoms with Crippen LogP contribution < -0.4 is 16.0 Å². The molecule has 0 bridgehead atoms. The number of para-hydroxylation sites is 1. The largest absolute Gasteiger partial charge is 0.373 e. The smallest absolute Gasteiger partial charge is 0.222 e. The summed E-state index contributed by atoms with van der Waals surface area (Å²) >= 11 is 0. The van der Waals surface area contributed by atoms with Crippen molar-refractivity contribution in [1.29, 1.82) is 0 Å². The van der Waals surface area contributed by atoms with Crippen molar-refractivity contribution in [3.05, 3.63) is 30.3 Å². The molecule has 0 fully saturated rings. The number of likely N-dealkylation sites (N-methyl/N-ethyl adjacent to an activating group) is 1. The molecular weight excluding hydrogens is 226 g/mol. The Hall–Kier alpha value is -1.55. The van der Waals surface area contributed by atoms with Crippen LogP contribution in [-0.2, 0) is 4.79 Å². The summed E-state index contributed by atoms with van der Waals surface area (Å²) < 4.78 is 0. The maximum Gasteiger partial charge on any atom is 0.222 e. The summed E-state index contributed by atoms with van der Waals surface area (Å²) in [6, 6.07) is 10.1. The van der Waals surface area contributed by atoms with Crippen LogP contribution in [0.15, 0.2) is 30.3 Å². The SMILES string of the molecule is CC(CCN)C(=O)NCCN(C)c1ccccc1. The Bertz CT molecular complexity index is 353. The number of rotatable bonds is 7. The molecule has 4 nitrogen and oxygen atoms in total. The summed E-state index contributed by atoms with van der Waals surface area (Å²) in [6.45, 7) is 3.91. The van der Waals surface area contributed by atoms with Gasteiger partial charge in [-0.3, -0.25) is 4.79 Å². The first kappa shape index (κ1) is 14.5. The molecule has 0 spiro atoms. The van der Waals surface area contributed by atoms with Gasteiger partial charge < -0.3 is 16.0 Å². The summed E-state index contributed by atoms with van der Waals surface area (Å²) in [5, 5.41) is 2.93. The molecule has 0 heterocycles. The van der Waals surface area contributed by atoms with E-state index < -0.39 is 0 Å². The topological polar surface area (TPSA) is 58.4 Å².